The standard InChI is InChI=1S/C7H8F2N2OS/c1-4-10-2-5(13-4)3-11-7(12)6(8)9/h2,6H,3H2,1H3,(H,11,12). The summed E-state index contributed by atoms with van der Waals surface area (Å²) in [6.45, 7) is 1.93. The van der Waals surface area contributed by atoms with Gasteiger partial charge in [0.2, 0.25) is 0 Å². The van der Waals surface area contributed by atoms with E-state index in [0.717, 1.165) is 9.88 Å². The minimum Gasteiger partial charge on any atom is -0.346 e. The Morgan fingerprint density at radius 1 is 1.77 bits per heavy atom. The molecule has 1 amide bonds. The van der Waals surface area contributed by atoms with Crippen LogP contribution in [0.1, 0.15) is 9.88 Å². The number of carbonyl (C=O) groups is 1. The molecular formula is C7H8F2N2OS. The SMILES string of the molecule is Cc1ncc(CNC(=O)C(F)F)s1. The van der Waals surface area contributed by atoms with Crippen molar-refractivity contribution >= 4 is 17.2 Å². The lowest BCUT2D eigenvalue weighted by molar-refractivity contribution is -0.131. The average Bonchev–Trinajstić information content (AvgIpc) is 2.47. The number of nitrogens with one attached hydrogen (secondary N) is 1. The number of carbonyl (C=O) groups excluding carboxylic acids is 1. The van der Waals surface area contributed by atoms with Crippen LogP contribution in [0.15, 0.2) is 6.20 Å². The van der Waals surface area contributed by atoms with E-state index in [2.05, 4.69) is 10.3 Å². The first-order chi connectivity index (χ1) is 6.09. The van der Waals surface area contributed by atoms with Crippen LogP contribution in [0.3, 0.4) is 0 Å². The van der Waals surface area contributed by atoms with Gasteiger partial charge in [0.25, 0.3) is 5.91 Å². The molecule has 0 saturated carbocycles. The summed E-state index contributed by atoms with van der Waals surface area (Å²) in [7, 11) is 0. The highest BCUT2D eigenvalue weighted by molar-refractivity contribution is 7.11. The summed E-state index contributed by atoms with van der Waals surface area (Å²) in [5.74, 6) is -1.24. The zero-order chi connectivity index (χ0) is 9.84. The zero-order valence-corrected chi connectivity index (χ0v) is 7.70. The van der Waals surface area contributed by atoms with E-state index in [1.54, 1.807) is 6.20 Å². The lowest BCUT2D eigenvalue weighted by atomic mass is 10.5. The van der Waals surface area contributed by atoms with Gasteiger partial charge in [-0.05, 0) is 6.92 Å². The van der Waals surface area contributed by atoms with Gasteiger partial charge >= 0.3 is 6.43 Å². The van der Waals surface area contributed by atoms with Crippen LogP contribution in [0.5, 0.6) is 0 Å². The van der Waals surface area contributed by atoms with E-state index in [9.17, 15) is 13.6 Å². The van der Waals surface area contributed by atoms with Crippen LogP contribution < -0.4 is 5.32 Å². The molecule has 0 spiro atoms. The molecule has 1 rings (SSSR count). The summed E-state index contributed by atoms with van der Waals surface area (Å²) >= 11 is 1.37. The predicted octanol–water partition coefficient (Wildman–Crippen LogP) is 1.33. The third-order valence-corrected chi connectivity index (χ3v) is 2.22. The highest BCUT2D eigenvalue weighted by atomic mass is 32.1. The number of nitrogens with zero attached hydrogens (tertiary/aromatic N) is 1. The van der Waals surface area contributed by atoms with E-state index in [1.165, 1.54) is 11.3 Å². The molecule has 0 radical (unpaired) electrons. The Hall–Kier alpha value is -1.04. The van der Waals surface area contributed by atoms with Crippen molar-refractivity contribution in [2.75, 3.05) is 0 Å². The first-order valence-electron chi connectivity index (χ1n) is 3.57. The second-order valence-corrected chi connectivity index (χ2v) is 3.68. The summed E-state index contributed by atoms with van der Waals surface area (Å²) in [6.07, 6.45) is -1.39. The van der Waals surface area contributed by atoms with Crippen molar-refractivity contribution in [3.05, 3.63) is 16.1 Å². The number of rotatable bonds is 3. The van der Waals surface area contributed by atoms with Gasteiger partial charge in [0.15, 0.2) is 0 Å². The highest BCUT2D eigenvalue weighted by Crippen LogP contribution is 2.10. The van der Waals surface area contributed by atoms with Crippen LogP contribution in [-0.4, -0.2) is 17.3 Å². The molecule has 72 valence electrons. The number of aromatic nitrogens is 1. The number of thiazole rings is 1. The molecule has 0 aromatic carbocycles. The maximum Gasteiger partial charge on any atom is 0.315 e. The fraction of sp³-hybridized carbons (Fsp3) is 0.429. The van der Waals surface area contributed by atoms with Gasteiger partial charge < -0.3 is 5.32 Å². The Balaban J connectivity index is 2.39. The molecule has 1 N–H and O–H groups in total. The molecule has 13 heavy (non-hydrogen) atoms. The van der Waals surface area contributed by atoms with Gasteiger partial charge in [0.1, 0.15) is 0 Å². The topological polar surface area (TPSA) is 42.0 Å². The minimum atomic E-state index is -2.95. The number of hydrogen-bond acceptors (Lipinski definition) is 3. The van der Waals surface area contributed by atoms with Crippen molar-refractivity contribution < 1.29 is 13.6 Å². The van der Waals surface area contributed by atoms with E-state index in [-0.39, 0.29) is 6.54 Å². The van der Waals surface area contributed by atoms with Crippen molar-refractivity contribution in [1.29, 1.82) is 0 Å². The molecule has 1 aromatic heterocycles. The van der Waals surface area contributed by atoms with Gasteiger partial charge in [-0.15, -0.1) is 11.3 Å². The third kappa shape index (κ3) is 3.06. The van der Waals surface area contributed by atoms with Crippen LogP contribution >= 0.6 is 11.3 Å². The van der Waals surface area contributed by atoms with Gasteiger partial charge in [-0.25, -0.2) is 4.98 Å². The summed E-state index contributed by atoms with van der Waals surface area (Å²) in [5.41, 5.74) is 0. The summed E-state index contributed by atoms with van der Waals surface area (Å²) < 4.78 is 23.4. The molecule has 0 unspecified atom stereocenters. The van der Waals surface area contributed by atoms with E-state index in [0.29, 0.717) is 0 Å². The Labute approximate surface area is 77.8 Å². The van der Waals surface area contributed by atoms with Crippen LogP contribution in [-0.2, 0) is 11.3 Å². The Morgan fingerprint density at radius 2 is 2.46 bits per heavy atom. The fourth-order valence-electron chi connectivity index (χ4n) is 0.738. The lowest BCUT2D eigenvalue weighted by Gasteiger charge is -2.00. The number of alkyl halides is 2. The average molecular weight is 206 g/mol. The van der Waals surface area contributed by atoms with Gasteiger partial charge in [0.05, 0.1) is 11.6 Å². The van der Waals surface area contributed by atoms with E-state index >= 15 is 0 Å². The van der Waals surface area contributed by atoms with Crippen molar-refractivity contribution in [1.82, 2.24) is 10.3 Å². The Bertz CT molecular complexity index is 300. The molecule has 1 heterocycles. The molecule has 0 aliphatic heterocycles. The van der Waals surface area contributed by atoms with Crippen LogP contribution in [0, 0.1) is 6.92 Å². The largest absolute Gasteiger partial charge is 0.346 e. The normalized spacial score (nSPS) is 10.5. The second-order valence-electron chi connectivity index (χ2n) is 2.36. The minimum absolute atomic E-state index is 0.120. The van der Waals surface area contributed by atoms with Gasteiger partial charge in [-0.3, -0.25) is 4.79 Å². The number of hydrogen-bond donors (Lipinski definition) is 1. The van der Waals surface area contributed by atoms with Crippen molar-refractivity contribution in [3.63, 3.8) is 0 Å². The first-order valence-corrected chi connectivity index (χ1v) is 4.38. The van der Waals surface area contributed by atoms with Crippen molar-refractivity contribution in [2.24, 2.45) is 0 Å². The fourth-order valence-corrected chi connectivity index (χ4v) is 1.47. The second kappa shape index (κ2) is 4.27. The summed E-state index contributed by atoms with van der Waals surface area (Å²) in [6, 6.07) is 0. The maximum atomic E-state index is 11.7. The van der Waals surface area contributed by atoms with Crippen molar-refractivity contribution in [3.8, 4) is 0 Å². The number of halogens is 2. The van der Waals surface area contributed by atoms with E-state index in [4.69, 9.17) is 0 Å². The molecular weight excluding hydrogens is 198 g/mol. The van der Waals surface area contributed by atoms with Gasteiger partial charge in [-0.1, -0.05) is 0 Å². The molecule has 0 bridgehead atoms. The van der Waals surface area contributed by atoms with Crippen LogP contribution in [0.25, 0.3) is 0 Å². The quantitative estimate of drug-likeness (QED) is 0.810. The van der Waals surface area contributed by atoms with Crippen LogP contribution in [0.4, 0.5) is 8.78 Å². The molecule has 6 heteroatoms. The Morgan fingerprint density at radius 3 is 2.92 bits per heavy atom. The molecule has 0 atom stereocenters. The molecule has 0 aliphatic rings. The zero-order valence-electron chi connectivity index (χ0n) is 6.88. The number of aryl methyl sites for hydroxylation is 1. The van der Waals surface area contributed by atoms with E-state index in [1.807, 2.05) is 6.92 Å². The molecule has 1 aromatic rings. The predicted molar refractivity (Wildman–Crippen MR) is 44.7 cm³/mol. The van der Waals surface area contributed by atoms with E-state index < -0.39 is 12.3 Å². The molecule has 0 saturated heterocycles. The summed E-state index contributed by atoms with van der Waals surface area (Å²) in [4.78, 5) is 15.1. The van der Waals surface area contributed by atoms with Gasteiger partial charge in [-0.2, -0.15) is 8.78 Å². The Kier molecular flexibility index (Phi) is 3.30. The monoisotopic (exact) mass is 206 g/mol. The van der Waals surface area contributed by atoms with Gasteiger partial charge in [0, 0.05) is 11.1 Å². The van der Waals surface area contributed by atoms with Crippen molar-refractivity contribution in [2.45, 2.75) is 19.9 Å². The highest BCUT2D eigenvalue weighted by Gasteiger charge is 2.14. The molecule has 3 nitrogen and oxygen atoms in total. The smallest absolute Gasteiger partial charge is 0.315 e. The molecule has 0 fully saturated rings. The van der Waals surface area contributed by atoms with Crippen LogP contribution in [0.2, 0.25) is 0 Å². The number of amides is 1. The third-order valence-electron chi connectivity index (χ3n) is 1.30. The molecule has 0 aliphatic carbocycles. The lowest BCUT2D eigenvalue weighted by Crippen LogP contribution is -2.28. The first kappa shape index (κ1) is 10.0. The maximum absolute atomic E-state index is 11.7. The summed E-state index contributed by atoms with van der Waals surface area (Å²) in [5, 5.41) is 2.94.